The van der Waals surface area contributed by atoms with E-state index >= 15 is 0 Å². The molecule has 1 aromatic heterocycles. The molecule has 6 rings (SSSR count). The van der Waals surface area contributed by atoms with E-state index in [0.717, 1.165) is 36.0 Å². The van der Waals surface area contributed by atoms with Gasteiger partial charge in [0.1, 0.15) is 0 Å². The molecule has 4 fully saturated rings. The Morgan fingerprint density at radius 3 is 2.57 bits per heavy atom. The molecule has 4 bridgehead atoms. The van der Waals surface area contributed by atoms with E-state index in [1.165, 1.54) is 30.4 Å². The summed E-state index contributed by atoms with van der Waals surface area (Å²) in [5, 5.41) is 9.47. The van der Waals surface area contributed by atoms with Gasteiger partial charge in [-0.05, 0) is 79.7 Å². The van der Waals surface area contributed by atoms with Gasteiger partial charge in [0.05, 0.1) is 6.21 Å². The standard InChI is InChI=1S/C23H27N3OS/c1-16-4-6-19(7-5-16)22-10-17-9-18(11-22)13-23(12-17,15-22)25-21(27)26-24-14-20-3-2-8-28-20/h2-8,14,17-18H,9-13,15H2,1H3,(H2,25,26,27). The normalized spacial score (nSPS) is 33.3. The maximum Gasteiger partial charge on any atom is 0.335 e. The summed E-state index contributed by atoms with van der Waals surface area (Å²) in [6, 6.07) is 12.9. The van der Waals surface area contributed by atoms with E-state index < -0.39 is 0 Å². The summed E-state index contributed by atoms with van der Waals surface area (Å²) >= 11 is 1.61. The van der Waals surface area contributed by atoms with E-state index in [0.29, 0.717) is 0 Å². The van der Waals surface area contributed by atoms with Gasteiger partial charge >= 0.3 is 6.03 Å². The van der Waals surface area contributed by atoms with E-state index in [4.69, 9.17) is 0 Å². The van der Waals surface area contributed by atoms with Gasteiger partial charge in [-0.3, -0.25) is 0 Å². The Labute approximate surface area is 170 Å². The highest BCUT2D eigenvalue weighted by atomic mass is 32.1. The molecular formula is C23H27N3OS. The second kappa shape index (κ2) is 6.73. The average molecular weight is 394 g/mol. The highest BCUT2D eigenvalue weighted by molar-refractivity contribution is 7.11. The van der Waals surface area contributed by atoms with Crippen LogP contribution in [0.25, 0.3) is 0 Å². The number of benzene rings is 1. The van der Waals surface area contributed by atoms with Crippen LogP contribution >= 0.6 is 11.3 Å². The van der Waals surface area contributed by atoms with Crippen molar-refractivity contribution in [1.82, 2.24) is 10.7 Å². The molecule has 2 N–H and O–H groups in total. The van der Waals surface area contributed by atoms with E-state index in [1.807, 2.05) is 17.5 Å². The first-order valence-electron chi connectivity index (χ1n) is 10.3. The van der Waals surface area contributed by atoms with Crippen molar-refractivity contribution in [3.8, 4) is 0 Å². The third-order valence-electron chi connectivity index (χ3n) is 7.00. The molecule has 2 unspecified atom stereocenters. The lowest BCUT2D eigenvalue weighted by atomic mass is 9.45. The zero-order valence-electron chi connectivity index (χ0n) is 16.3. The smallest absolute Gasteiger partial charge is 0.331 e. The van der Waals surface area contributed by atoms with Gasteiger partial charge in [0.15, 0.2) is 0 Å². The predicted octanol–water partition coefficient (Wildman–Crippen LogP) is 4.98. The van der Waals surface area contributed by atoms with Crippen molar-refractivity contribution < 1.29 is 4.79 Å². The summed E-state index contributed by atoms with van der Waals surface area (Å²) in [5.74, 6) is 1.44. The number of nitrogens with one attached hydrogen (secondary N) is 2. The largest absolute Gasteiger partial charge is 0.335 e. The van der Waals surface area contributed by atoms with Crippen molar-refractivity contribution >= 4 is 23.6 Å². The molecule has 5 heteroatoms. The number of carbonyl (C=O) groups excluding carboxylic acids is 1. The molecule has 4 nitrogen and oxygen atoms in total. The van der Waals surface area contributed by atoms with Crippen LogP contribution in [0.2, 0.25) is 0 Å². The van der Waals surface area contributed by atoms with Crippen LogP contribution in [0.3, 0.4) is 0 Å². The number of nitrogens with zero attached hydrogens (tertiary/aromatic N) is 1. The second-order valence-electron chi connectivity index (χ2n) is 9.23. The van der Waals surface area contributed by atoms with E-state index in [2.05, 4.69) is 47.0 Å². The second-order valence-corrected chi connectivity index (χ2v) is 10.2. The van der Waals surface area contributed by atoms with E-state index in [-0.39, 0.29) is 17.0 Å². The third kappa shape index (κ3) is 3.26. The Kier molecular flexibility index (Phi) is 4.31. The molecule has 0 saturated heterocycles. The van der Waals surface area contributed by atoms with E-state index in [9.17, 15) is 4.79 Å². The van der Waals surface area contributed by atoms with Crippen LogP contribution in [0, 0.1) is 18.8 Å². The number of hydrazone groups is 1. The van der Waals surface area contributed by atoms with Crippen molar-refractivity contribution in [3.05, 3.63) is 57.8 Å². The minimum Gasteiger partial charge on any atom is -0.331 e. The average Bonchev–Trinajstić information content (AvgIpc) is 3.14. The van der Waals surface area contributed by atoms with E-state index in [1.54, 1.807) is 17.6 Å². The van der Waals surface area contributed by atoms with Crippen LogP contribution in [0.5, 0.6) is 0 Å². The fraction of sp³-hybridized carbons (Fsp3) is 0.478. The lowest BCUT2D eigenvalue weighted by Gasteiger charge is -2.62. The molecule has 2 aromatic rings. The summed E-state index contributed by atoms with van der Waals surface area (Å²) in [5.41, 5.74) is 5.60. The number of hydrogen-bond acceptors (Lipinski definition) is 3. The van der Waals surface area contributed by atoms with Gasteiger partial charge in [-0.25, -0.2) is 10.2 Å². The first-order valence-corrected chi connectivity index (χ1v) is 11.1. The molecule has 1 aromatic carbocycles. The molecular weight excluding hydrogens is 366 g/mol. The summed E-state index contributed by atoms with van der Waals surface area (Å²) < 4.78 is 0. The summed E-state index contributed by atoms with van der Waals surface area (Å²) in [6.07, 6.45) is 8.85. The first-order chi connectivity index (χ1) is 13.5. The quantitative estimate of drug-likeness (QED) is 0.559. The lowest BCUT2D eigenvalue weighted by Crippen LogP contribution is -2.65. The Morgan fingerprint density at radius 2 is 1.89 bits per heavy atom. The van der Waals surface area contributed by atoms with Crippen LogP contribution in [0.1, 0.15) is 54.5 Å². The van der Waals surface area contributed by atoms with Gasteiger partial charge in [0, 0.05) is 10.4 Å². The van der Waals surface area contributed by atoms with Gasteiger partial charge < -0.3 is 5.32 Å². The number of thiophene rings is 1. The van der Waals surface area contributed by atoms with Crippen LogP contribution in [0.4, 0.5) is 4.79 Å². The van der Waals surface area contributed by atoms with Crippen molar-refractivity contribution in [1.29, 1.82) is 0 Å². The number of carbonyl (C=O) groups is 1. The molecule has 4 saturated carbocycles. The van der Waals surface area contributed by atoms with Crippen LogP contribution < -0.4 is 10.7 Å². The Hall–Kier alpha value is -2.14. The molecule has 146 valence electrons. The van der Waals surface area contributed by atoms with Crippen molar-refractivity contribution in [2.24, 2.45) is 16.9 Å². The monoisotopic (exact) mass is 393 g/mol. The Morgan fingerprint density at radius 1 is 1.14 bits per heavy atom. The van der Waals surface area contributed by atoms with Gasteiger partial charge in [-0.15, -0.1) is 11.3 Å². The minimum absolute atomic E-state index is 0.0858. The maximum absolute atomic E-state index is 12.6. The zero-order chi connectivity index (χ0) is 19.2. The summed E-state index contributed by atoms with van der Waals surface area (Å²) in [7, 11) is 0. The lowest BCUT2D eigenvalue weighted by molar-refractivity contribution is -0.0349. The van der Waals surface area contributed by atoms with Gasteiger partial charge in [-0.2, -0.15) is 5.10 Å². The molecule has 0 spiro atoms. The number of hydrogen-bond donors (Lipinski definition) is 2. The topological polar surface area (TPSA) is 53.5 Å². The molecule has 4 aliphatic rings. The Balaban J connectivity index is 1.33. The number of urea groups is 1. The molecule has 4 aliphatic carbocycles. The molecule has 0 aliphatic heterocycles. The summed E-state index contributed by atoms with van der Waals surface area (Å²) in [6.45, 7) is 2.15. The Bertz CT molecular complexity index is 873. The third-order valence-corrected chi connectivity index (χ3v) is 7.81. The number of rotatable bonds is 4. The molecule has 28 heavy (non-hydrogen) atoms. The predicted molar refractivity (Wildman–Crippen MR) is 114 cm³/mol. The molecule has 1 heterocycles. The van der Waals surface area contributed by atoms with Crippen molar-refractivity contribution in [2.45, 2.75) is 56.4 Å². The van der Waals surface area contributed by atoms with Crippen molar-refractivity contribution in [3.63, 3.8) is 0 Å². The fourth-order valence-corrected chi connectivity index (χ4v) is 7.03. The van der Waals surface area contributed by atoms with Crippen LogP contribution in [-0.4, -0.2) is 17.8 Å². The summed E-state index contributed by atoms with van der Waals surface area (Å²) in [4.78, 5) is 13.6. The first kappa shape index (κ1) is 17.9. The SMILES string of the molecule is Cc1ccc(C23CC4CC(CC(NC(=O)NN=Cc5cccs5)(C4)C2)C3)cc1. The van der Waals surface area contributed by atoms with Crippen molar-refractivity contribution in [2.75, 3.05) is 0 Å². The molecule has 2 amide bonds. The van der Waals surface area contributed by atoms with Gasteiger partial charge in [0.2, 0.25) is 0 Å². The number of amides is 2. The highest BCUT2D eigenvalue weighted by Gasteiger charge is 2.58. The number of aryl methyl sites for hydroxylation is 1. The minimum atomic E-state index is -0.172. The molecule has 2 atom stereocenters. The zero-order valence-corrected chi connectivity index (χ0v) is 17.1. The fourth-order valence-electron chi connectivity index (χ4n) is 6.44. The highest BCUT2D eigenvalue weighted by Crippen LogP contribution is 2.62. The van der Waals surface area contributed by atoms with Gasteiger partial charge in [-0.1, -0.05) is 35.9 Å². The molecule has 0 radical (unpaired) electrons. The van der Waals surface area contributed by atoms with Gasteiger partial charge in [0.25, 0.3) is 0 Å². The maximum atomic E-state index is 12.6. The van der Waals surface area contributed by atoms with Crippen LogP contribution in [0.15, 0.2) is 46.9 Å². The van der Waals surface area contributed by atoms with Crippen LogP contribution in [-0.2, 0) is 5.41 Å².